The number of methoxy groups -OCH3 is 1. The number of anilines is 1. The van der Waals surface area contributed by atoms with Gasteiger partial charge >= 0.3 is 5.97 Å². The fraction of sp³-hybridized carbons (Fsp3) is 0.647. The van der Waals surface area contributed by atoms with E-state index in [4.69, 9.17) is 10.5 Å². The van der Waals surface area contributed by atoms with Gasteiger partial charge in [0.15, 0.2) is 0 Å². The molecule has 0 bridgehead atoms. The Morgan fingerprint density at radius 2 is 1.96 bits per heavy atom. The van der Waals surface area contributed by atoms with Crippen LogP contribution in [0.5, 0.6) is 0 Å². The van der Waals surface area contributed by atoms with E-state index in [1.165, 1.54) is 23.3 Å². The molecule has 1 aromatic rings. The molecule has 3 rings (SSSR count). The van der Waals surface area contributed by atoms with E-state index in [0.717, 1.165) is 57.2 Å². The average molecular weight is 388 g/mol. The summed E-state index contributed by atoms with van der Waals surface area (Å²) in [5.74, 6) is -0.428. The first-order valence-electron chi connectivity index (χ1n) is 8.59. The van der Waals surface area contributed by atoms with Crippen LogP contribution in [0, 0.1) is 0 Å². The summed E-state index contributed by atoms with van der Waals surface area (Å²) in [7, 11) is 1.39. The first kappa shape index (κ1) is 20.2. The Bertz CT molecular complexity index is 627. The summed E-state index contributed by atoms with van der Waals surface area (Å²) in [5.41, 5.74) is 7.53. The van der Waals surface area contributed by atoms with Crippen molar-refractivity contribution >= 4 is 40.6 Å². The number of esters is 1. The molecule has 1 aliphatic carbocycles. The van der Waals surface area contributed by atoms with Gasteiger partial charge in [0.05, 0.1) is 19.2 Å². The lowest BCUT2D eigenvalue weighted by molar-refractivity contribution is -0.117. The van der Waals surface area contributed by atoms with Crippen molar-refractivity contribution in [2.75, 3.05) is 32.1 Å². The minimum Gasteiger partial charge on any atom is -0.465 e. The predicted molar refractivity (Wildman–Crippen MR) is 102 cm³/mol. The number of amides is 1. The number of nitrogens with one attached hydrogen (secondary N) is 1. The van der Waals surface area contributed by atoms with Gasteiger partial charge in [0.2, 0.25) is 5.91 Å². The molecule has 1 amide bonds. The number of halogens is 1. The lowest BCUT2D eigenvalue weighted by atomic mass is 9.95. The van der Waals surface area contributed by atoms with E-state index in [1.807, 2.05) is 0 Å². The van der Waals surface area contributed by atoms with Gasteiger partial charge in [-0.25, -0.2) is 4.79 Å². The van der Waals surface area contributed by atoms with E-state index in [0.29, 0.717) is 17.1 Å². The van der Waals surface area contributed by atoms with Gasteiger partial charge in [-0.1, -0.05) is 0 Å². The molecule has 2 heterocycles. The molecule has 0 radical (unpaired) electrons. The highest BCUT2D eigenvalue weighted by Gasteiger charge is 2.27. The number of ether oxygens (including phenoxy) is 1. The van der Waals surface area contributed by atoms with Gasteiger partial charge in [0.1, 0.15) is 5.00 Å². The molecule has 0 saturated carbocycles. The number of rotatable bonds is 4. The zero-order chi connectivity index (χ0) is 17.1. The second-order valence-electron chi connectivity index (χ2n) is 6.57. The summed E-state index contributed by atoms with van der Waals surface area (Å²) in [5, 5.41) is 3.59. The Morgan fingerprint density at radius 3 is 2.64 bits per heavy atom. The number of nitrogens with two attached hydrogens (primary N) is 1. The normalized spacial score (nSPS) is 18.2. The number of carbonyl (C=O) groups is 2. The maximum atomic E-state index is 12.4. The van der Waals surface area contributed by atoms with Crippen LogP contribution in [0.15, 0.2) is 0 Å². The van der Waals surface area contributed by atoms with Crippen molar-refractivity contribution in [3.8, 4) is 0 Å². The number of hydrogen-bond donors (Lipinski definition) is 2. The minimum absolute atomic E-state index is 0. The van der Waals surface area contributed by atoms with Crippen LogP contribution in [0.2, 0.25) is 0 Å². The Labute approximate surface area is 158 Å². The van der Waals surface area contributed by atoms with Crippen molar-refractivity contribution < 1.29 is 14.3 Å². The van der Waals surface area contributed by atoms with Gasteiger partial charge in [0, 0.05) is 24.0 Å². The van der Waals surface area contributed by atoms with E-state index in [9.17, 15) is 9.59 Å². The van der Waals surface area contributed by atoms with E-state index in [1.54, 1.807) is 0 Å². The second kappa shape index (κ2) is 8.98. The van der Waals surface area contributed by atoms with Crippen molar-refractivity contribution in [3.05, 3.63) is 16.0 Å². The molecule has 0 unspecified atom stereocenters. The number of thiophene rings is 1. The van der Waals surface area contributed by atoms with Gasteiger partial charge in [-0.15, -0.1) is 23.7 Å². The molecule has 0 spiro atoms. The second-order valence-corrected chi connectivity index (χ2v) is 7.67. The molecule has 8 heteroatoms. The molecule has 1 saturated heterocycles. The SMILES string of the molecule is COC(=O)c1c(NC(=O)CN2CCC(N)CC2)sc2c1CCCC2.Cl. The highest BCUT2D eigenvalue weighted by molar-refractivity contribution is 7.17. The van der Waals surface area contributed by atoms with Gasteiger partial charge in [-0.05, 0) is 44.1 Å². The molecule has 25 heavy (non-hydrogen) atoms. The van der Waals surface area contributed by atoms with Crippen LogP contribution in [-0.2, 0) is 22.4 Å². The molecule has 6 nitrogen and oxygen atoms in total. The summed E-state index contributed by atoms with van der Waals surface area (Å²) >= 11 is 1.53. The highest BCUT2D eigenvalue weighted by atomic mass is 35.5. The number of hydrogen-bond acceptors (Lipinski definition) is 6. The number of carbonyl (C=O) groups excluding carboxylic acids is 2. The number of nitrogens with zero attached hydrogens (tertiary/aromatic N) is 1. The quantitative estimate of drug-likeness (QED) is 0.773. The summed E-state index contributed by atoms with van der Waals surface area (Å²) in [6.07, 6.45) is 5.92. The Morgan fingerprint density at radius 1 is 1.28 bits per heavy atom. The maximum absolute atomic E-state index is 12.4. The molecule has 3 N–H and O–H groups in total. The monoisotopic (exact) mass is 387 g/mol. The van der Waals surface area contributed by atoms with Crippen LogP contribution < -0.4 is 11.1 Å². The number of likely N-dealkylation sites (tertiary alicyclic amines) is 1. The molecule has 1 aromatic heterocycles. The van der Waals surface area contributed by atoms with Gasteiger partial charge in [-0.3, -0.25) is 9.69 Å². The number of fused-ring (bicyclic) bond motifs is 1. The highest BCUT2D eigenvalue weighted by Crippen LogP contribution is 2.38. The smallest absolute Gasteiger partial charge is 0.341 e. The molecular weight excluding hydrogens is 362 g/mol. The number of piperidine rings is 1. The van der Waals surface area contributed by atoms with Crippen molar-refractivity contribution in [2.45, 2.75) is 44.6 Å². The minimum atomic E-state index is -0.353. The summed E-state index contributed by atoms with van der Waals surface area (Å²) in [6.45, 7) is 2.04. The Kier molecular flexibility index (Phi) is 7.25. The maximum Gasteiger partial charge on any atom is 0.341 e. The summed E-state index contributed by atoms with van der Waals surface area (Å²) < 4.78 is 4.94. The number of aryl methyl sites for hydroxylation is 1. The van der Waals surface area contributed by atoms with E-state index >= 15 is 0 Å². The fourth-order valence-electron chi connectivity index (χ4n) is 3.45. The Hall–Kier alpha value is -1.15. The van der Waals surface area contributed by atoms with Gasteiger partial charge in [-0.2, -0.15) is 0 Å². The third kappa shape index (κ3) is 4.73. The third-order valence-electron chi connectivity index (χ3n) is 4.81. The van der Waals surface area contributed by atoms with Crippen molar-refractivity contribution in [3.63, 3.8) is 0 Å². The Balaban J connectivity index is 0.00000225. The summed E-state index contributed by atoms with van der Waals surface area (Å²) in [6, 6.07) is 0.249. The van der Waals surface area contributed by atoms with Crippen LogP contribution >= 0.6 is 23.7 Å². The van der Waals surface area contributed by atoms with Crippen molar-refractivity contribution in [1.82, 2.24) is 4.90 Å². The van der Waals surface area contributed by atoms with Crippen molar-refractivity contribution in [2.24, 2.45) is 5.73 Å². The molecule has 0 atom stereocenters. The molecular formula is C17H26ClN3O3S. The largest absolute Gasteiger partial charge is 0.465 e. The zero-order valence-electron chi connectivity index (χ0n) is 14.5. The van der Waals surface area contributed by atoms with Crippen LogP contribution in [0.1, 0.15) is 46.5 Å². The molecule has 0 aromatic carbocycles. The molecule has 1 fully saturated rings. The van der Waals surface area contributed by atoms with Crippen LogP contribution in [0.25, 0.3) is 0 Å². The standard InChI is InChI=1S/C17H25N3O3S.ClH/c1-23-17(22)15-12-4-2-3-5-13(12)24-16(15)19-14(21)10-20-8-6-11(18)7-9-20;/h11H,2-10,18H2,1H3,(H,19,21);1H. The van der Waals surface area contributed by atoms with Gasteiger partial charge in [0.25, 0.3) is 0 Å². The topological polar surface area (TPSA) is 84.7 Å². The fourth-order valence-corrected chi connectivity index (χ4v) is 4.75. The van der Waals surface area contributed by atoms with E-state index in [-0.39, 0.29) is 30.3 Å². The first-order valence-corrected chi connectivity index (χ1v) is 9.40. The molecule has 140 valence electrons. The molecule has 1 aliphatic heterocycles. The van der Waals surface area contributed by atoms with Crippen LogP contribution in [0.4, 0.5) is 5.00 Å². The third-order valence-corrected chi connectivity index (χ3v) is 6.02. The molecule has 2 aliphatic rings. The lowest BCUT2D eigenvalue weighted by Gasteiger charge is -2.29. The van der Waals surface area contributed by atoms with Crippen molar-refractivity contribution in [1.29, 1.82) is 0 Å². The van der Waals surface area contributed by atoms with E-state index in [2.05, 4.69) is 10.2 Å². The first-order chi connectivity index (χ1) is 11.6. The zero-order valence-corrected chi connectivity index (χ0v) is 16.1. The summed E-state index contributed by atoms with van der Waals surface area (Å²) in [4.78, 5) is 27.9. The predicted octanol–water partition coefficient (Wildman–Crippen LogP) is 2.20. The van der Waals surface area contributed by atoms with Crippen LogP contribution in [-0.4, -0.2) is 49.6 Å². The van der Waals surface area contributed by atoms with Crippen LogP contribution in [0.3, 0.4) is 0 Å². The van der Waals surface area contributed by atoms with Gasteiger partial charge < -0.3 is 15.8 Å². The average Bonchev–Trinajstić information content (AvgIpc) is 2.94. The van der Waals surface area contributed by atoms with E-state index < -0.39 is 0 Å². The lowest BCUT2D eigenvalue weighted by Crippen LogP contribution is -2.43.